The number of hydrogen-bond acceptors (Lipinski definition) is 3. The van der Waals surface area contributed by atoms with Crippen LogP contribution in [0.25, 0.3) is 11.0 Å². The molecule has 5 heteroatoms. The Labute approximate surface area is 140 Å². The second-order valence-electron chi connectivity index (χ2n) is 5.47. The van der Waals surface area contributed by atoms with E-state index in [0.717, 1.165) is 21.8 Å². The van der Waals surface area contributed by atoms with E-state index in [2.05, 4.69) is 4.98 Å². The molecule has 1 heterocycles. The molecule has 0 saturated carbocycles. The fourth-order valence-electron chi connectivity index (χ4n) is 2.43. The maximum atomic E-state index is 12.3. The summed E-state index contributed by atoms with van der Waals surface area (Å²) < 4.78 is 2.03. The molecule has 0 spiro atoms. The zero-order chi connectivity index (χ0) is 16.2. The Morgan fingerprint density at radius 2 is 1.83 bits per heavy atom. The summed E-state index contributed by atoms with van der Waals surface area (Å²) in [5.41, 5.74) is 3.18. The van der Waals surface area contributed by atoms with Crippen molar-refractivity contribution in [2.75, 3.05) is 12.8 Å². The van der Waals surface area contributed by atoms with Gasteiger partial charge in [-0.2, -0.15) is 0 Å². The second-order valence-corrected chi connectivity index (χ2v) is 6.41. The molecular weight excluding hydrogens is 306 g/mol. The molecule has 3 rings (SSSR count). The lowest BCUT2D eigenvalue weighted by Gasteiger charge is -2.16. The fraction of sp³-hybridized carbons (Fsp3) is 0.222. The zero-order valence-electron chi connectivity index (χ0n) is 13.3. The van der Waals surface area contributed by atoms with Gasteiger partial charge in [0.2, 0.25) is 5.91 Å². The van der Waals surface area contributed by atoms with Crippen LogP contribution in [0.3, 0.4) is 0 Å². The number of hydrogen-bond donors (Lipinski definition) is 0. The Morgan fingerprint density at radius 1 is 1.13 bits per heavy atom. The maximum absolute atomic E-state index is 12.3. The third-order valence-corrected chi connectivity index (χ3v) is 4.77. The summed E-state index contributed by atoms with van der Waals surface area (Å²) in [6.07, 6.45) is 0. The van der Waals surface area contributed by atoms with E-state index in [4.69, 9.17) is 0 Å². The Hall–Kier alpha value is -2.27. The highest BCUT2D eigenvalue weighted by Crippen LogP contribution is 2.22. The van der Waals surface area contributed by atoms with Gasteiger partial charge in [-0.15, -0.1) is 0 Å². The van der Waals surface area contributed by atoms with Crippen LogP contribution in [-0.4, -0.2) is 33.2 Å². The van der Waals surface area contributed by atoms with E-state index in [-0.39, 0.29) is 5.91 Å². The SMILES string of the molecule is CN(Cc1ccccc1)C(=O)CSc1nc2ccccc2n1C. The highest BCUT2D eigenvalue weighted by molar-refractivity contribution is 7.99. The first-order chi connectivity index (χ1) is 11.1. The summed E-state index contributed by atoms with van der Waals surface area (Å²) in [5, 5.41) is 0.868. The lowest BCUT2D eigenvalue weighted by Crippen LogP contribution is -2.27. The molecule has 3 aromatic rings. The average molecular weight is 325 g/mol. The van der Waals surface area contributed by atoms with E-state index in [1.807, 2.05) is 73.3 Å². The lowest BCUT2D eigenvalue weighted by molar-refractivity contribution is -0.127. The molecule has 0 fully saturated rings. The first-order valence-electron chi connectivity index (χ1n) is 7.47. The van der Waals surface area contributed by atoms with Crippen molar-refractivity contribution >= 4 is 28.7 Å². The fourth-order valence-corrected chi connectivity index (χ4v) is 3.36. The van der Waals surface area contributed by atoms with E-state index in [1.165, 1.54) is 11.8 Å². The number of amides is 1. The van der Waals surface area contributed by atoms with Gasteiger partial charge in [0.1, 0.15) is 0 Å². The number of aryl methyl sites for hydroxylation is 1. The number of rotatable bonds is 5. The molecule has 0 unspecified atom stereocenters. The van der Waals surface area contributed by atoms with Gasteiger partial charge in [0.05, 0.1) is 16.8 Å². The third kappa shape index (κ3) is 3.56. The normalized spacial score (nSPS) is 10.9. The van der Waals surface area contributed by atoms with Crippen LogP contribution in [0, 0.1) is 0 Å². The molecule has 4 nitrogen and oxygen atoms in total. The molecule has 1 amide bonds. The number of thioether (sulfide) groups is 1. The van der Waals surface area contributed by atoms with Crippen LogP contribution >= 0.6 is 11.8 Å². The Kier molecular flexibility index (Phi) is 4.67. The van der Waals surface area contributed by atoms with Crippen molar-refractivity contribution in [3.8, 4) is 0 Å². The molecular formula is C18H19N3OS. The third-order valence-electron chi connectivity index (χ3n) is 3.76. The van der Waals surface area contributed by atoms with Crippen molar-refractivity contribution < 1.29 is 4.79 Å². The van der Waals surface area contributed by atoms with Crippen LogP contribution < -0.4 is 0 Å². The number of carbonyl (C=O) groups is 1. The van der Waals surface area contributed by atoms with Gasteiger partial charge in [-0.1, -0.05) is 54.2 Å². The summed E-state index contributed by atoms with van der Waals surface area (Å²) in [5.74, 6) is 0.492. The maximum Gasteiger partial charge on any atom is 0.233 e. The molecule has 118 valence electrons. The number of fused-ring (bicyclic) bond motifs is 1. The number of aromatic nitrogens is 2. The van der Waals surface area contributed by atoms with Crippen molar-refractivity contribution in [1.29, 1.82) is 0 Å². The zero-order valence-corrected chi connectivity index (χ0v) is 14.1. The van der Waals surface area contributed by atoms with Crippen molar-refractivity contribution in [2.45, 2.75) is 11.7 Å². The van der Waals surface area contributed by atoms with Crippen LogP contribution in [0.1, 0.15) is 5.56 Å². The van der Waals surface area contributed by atoms with Crippen LogP contribution in [0.2, 0.25) is 0 Å². The minimum atomic E-state index is 0.103. The molecule has 0 aliphatic carbocycles. The van der Waals surface area contributed by atoms with Gasteiger partial charge in [-0.05, 0) is 17.7 Å². The van der Waals surface area contributed by atoms with Crippen LogP contribution in [0.5, 0.6) is 0 Å². The molecule has 0 aliphatic heterocycles. The summed E-state index contributed by atoms with van der Waals surface area (Å²) in [4.78, 5) is 18.7. The quantitative estimate of drug-likeness (QED) is 0.675. The highest BCUT2D eigenvalue weighted by Gasteiger charge is 2.13. The second kappa shape index (κ2) is 6.87. The van der Waals surface area contributed by atoms with Crippen LogP contribution in [0.4, 0.5) is 0 Å². The highest BCUT2D eigenvalue weighted by atomic mass is 32.2. The number of imidazole rings is 1. The van der Waals surface area contributed by atoms with Crippen molar-refractivity contribution in [1.82, 2.24) is 14.5 Å². The van der Waals surface area contributed by atoms with E-state index >= 15 is 0 Å². The predicted molar refractivity (Wildman–Crippen MR) is 94.4 cm³/mol. The number of benzene rings is 2. The molecule has 1 aromatic heterocycles. The van der Waals surface area contributed by atoms with Gasteiger partial charge >= 0.3 is 0 Å². The summed E-state index contributed by atoms with van der Waals surface area (Å²) >= 11 is 1.48. The Morgan fingerprint density at radius 3 is 2.57 bits per heavy atom. The first-order valence-corrected chi connectivity index (χ1v) is 8.46. The molecule has 0 saturated heterocycles. The molecule has 0 N–H and O–H groups in total. The minimum Gasteiger partial charge on any atom is -0.341 e. The minimum absolute atomic E-state index is 0.103. The number of carbonyl (C=O) groups excluding carboxylic acids is 1. The molecule has 0 atom stereocenters. The summed E-state index contributed by atoms with van der Waals surface area (Å²) in [6.45, 7) is 0.628. The smallest absolute Gasteiger partial charge is 0.233 e. The molecule has 0 radical (unpaired) electrons. The van der Waals surface area contributed by atoms with Gasteiger partial charge in [0.15, 0.2) is 5.16 Å². The topological polar surface area (TPSA) is 38.1 Å². The van der Waals surface area contributed by atoms with E-state index in [9.17, 15) is 4.79 Å². The summed E-state index contributed by atoms with van der Waals surface area (Å²) in [6, 6.07) is 18.0. The molecule has 2 aromatic carbocycles. The van der Waals surface area contributed by atoms with Crippen LogP contribution in [0.15, 0.2) is 59.8 Å². The Balaban J connectivity index is 1.62. The van der Waals surface area contributed by atoms with Gasteiger partial charge < -0.3 is 9.47 Å². The van der Waals surface area contributed by atoms with Crippen LogP contribution in [-0.2, 0) is 18.4 Å². The standard InChI is InChI=1S/C18H19N3OS/c1-20(12-14-8-4-3-5-9-14)17(22)13-23-18-19-15-10-6-7-11-16(15)21(18)2/h3-11H,12-13H2,1-2H3. The number of para-hydroxylation sites is 2. The predicted octanol–water partition coefficient (Wildman–Crippen LogP) is 3.32. The van der Waals surface area contributed by atoms with E-state index < -0.39 is 0 Å². The number of nitrogens with zero attached hydrogens (tertiary/aromatic N) is 3. The lowest BCUT2D eigenvalue weighted by atomic mass is 10.2. The molecule has 0 bridgehead atoms. The van der Waals surface area contributed by atoms with Gasteiger partial charge in [-0.3, -0.25) is 4.79 Å². The van der Waals surface area contributed by atoms with Gasteiger partial charge in [0, 0.05) is 20.6 Å². The van der Waals surface area contributed by atoms with E-state index in [1.54, 1.807) is 4.90 Å². The molecule has 0 aliphatic rings. The van der Waals surface area contributed by atoms with Crippen molar-refractivity contribution in [2.24, 2.45) is 7.05 Å². The largest absolute Gasteiger partial charge is 0.341 e. The molecule has 23 heavy (non-hydrogen) atoms. The Bertz CT molecular complexity index is 814. The van der Waals surface area contributed by atoms with Gasteiger partial charge in [-0.25, -0.2) is 4.98 Å². The van der Waals surface area contributed by atoms with Crippen molar-refractivity contribution in [3.05, 3.63) is 60.2 Å². The monoisotopic (exact) mass is 325 g/mol. The van der Waals surface area contributed by atoms with E-state index in [0.29, 0.717) is 12.3 Å². The first kappa shape index (κ1) is 15.6. The average Bonchev–Trinajstić information content (AvgIpc) is 2.90. The van der Waals surface area contributed by atoms with Gasteiger partial charge in [0.25, 0.3) is 0 Å². The summed E-state index contributed by atoms with van der Waals surface area (Å²) in [7, 11) is 3.82. The van der Waals surface area contributed by atoms with Crippen molar-refractivity contribution in [3.63, 3.8) is 0 Å².